The van der Waals surface area contributed by atoms with Gasteiger partial charge in [0, 0.05) is 5.56 Å². The van der Waals surface area contributed by atoms with E-state index in [0.29, 0.717) is 6.61 Å². The van der Waals surface area contributed by atoms with Crippen molar-refractivity contribution in [3.63, 3.8) is 0 Å². The first-order valence-electron chi connectivity index (χ1n) is 4.92. The molecule has 4 nitrogen and oxygen atoms in total. The molecule has 0 amide bonds. The number of ether oxygens (including phenoxy) is 2. The molecule has 0 radical (unpaired) electrons. The molecule has 1 aliphatic heterocycles. The summed E-state index contributed by atoms with van der Waals surface area (Å²) in [6.45, 7) is -0.00315. The van der Waals surface area contributed by atoms with Crippen molar-refractivity contribution in [3.05, 3.63) is 35.9 Å². The van der Waals surface area contributed by atoms with Gasteiger partial charge in [0.15, 0.2) is 6.29 Å². The minimum Gasteiger partial charge on any atom is -0.394 e. The van der Waals surface area contributed by atoms with Crippen LogP contribution in [0, 0.1) is 0 Å². The molecule has 1 aliphatic rings. The van der Waals surface area contributed by atoms with Gasteiger partial charge in [-0.1, -0.05) is 30.3 Å². The van der Waals surface area contributed by atoms with Crippen molar-refractivity contribution in [2.75, 3.05) is 13.2 Å². The van der Waals surface area contributed by atoms with Gasteiger partial charge >= 0.3 is 0 Å². The molecule has 0 bridgehead atoms. The van der Waals surface area contributed by atoms with Crippen LogP contribution in [0.5, 0.6) is 0 Å². The largest absolute Gasteiger partial charge is 0.394 e. The Hall–Kier alpha value is -0.940. The van der Waals surface area contributed by atoms with Crippen molar-refractivity contribution in [3.8, 4) is 0 Å². The van der Waals surface area contributed by atoms with E-state index in [9.17, 15) is 5.11 Å². The Balaban J connectivity index is 1.99. The van der Waals surface area contributed by atoms with Gasteiger partial charge in [-0.3, -0.25) is 0 Å². The number of hydrogen-bond acceptors (Lipinski definition) is 4. The maximum atomic E-state index is 9.37. The summed E-state index contributed by atoms with van der Waals surface area (Å²) in [7, 11) is 0. The first kappa shape index (κ1) is 10.6. The maximum absolute atomic E-state index is 9.37. The second-order valence-corrected chi connectivity index (χ2v) is 3.50. The van der Waals surface area contributed by atoms with E-state index < -0.39 is 18.5 Å². The minimum absolute atomic E-state index is 0.307. The summed E-state index contributed by atoms with van der Waals surface area (Å²) in [6, 6.07) is 9.52. The lowest BCUT2D eigenvalue weighted by Gasteiger charge is -2.14. The van der Waals surface area contributed by atoms with Gasteiger partial charge in [-0.15, -0.1) is 0 Å². The topological polar surface area (TPSA) is 58.9 Å². The number of rotatable bonds is 3. The van der Waals surface area contributed by atoms with E-state index in [1.807, 2.05) is 30.3 Å². The lowest BCUT2D eigenvalue weighted by Crippen LogP contribution is -2.31. The Morgan fingerprint density at radius 3 is 2.73 bits per heavy atom. The average molecular weight is 210 g/mol. The van der Waals surface area contributed by atoms with Crippen LogP contribution in [-0.4, -0.2) is 35.6 Å². The normalized spacial score (nSPS) is 27.9. The molecule has 1 aromatic carbocycles. The lowest BCUT2D eigenvalue weighted by molar-refractivity contribution is -0.0902. The summed E-state index contributed by atoms with van der Waals surface area (Å²) >= 11 is 0. The van der Waals surface area contributed by atoms with E-state index in [-0.39, 0.29) is 6.61 Å². The number of aliphatic hydroxyl groups excluding tert-OH is 2. The molecule has 2 N–H and O–H groups in total. The highest BCUT2D eigenvalue weighted by Crippen LogP contribution is 2.27. The summed E-state index contributed by atoms with van der Waals surface area (Å²) in [5, 5.41) is 18.1. The van der Waals surface area contributed by atoms with Gasteiger partial charge in [-0.2, -0.15) is 0 Å². The first-order valence-corrected chi connectivity index (χ1v) is 4.92. The zero-order chi connectivity index (χ0) is 10.7. The molecule has 1 saturated heterocycles. The van der Waals surface area contributed by atoms with Crippen LogP contribution in [0.1, 0.15) is 11.9 Å². The molecule has 0 aromatic heterocycles. The van der Waals surface area contributed by atoms with Crippen LogP contribution in [0.2, 0.25) is 0 Å². The lowest BCUT2D eigenvalue weighted by atomic mass is 10.2. The molecule has 15 heavy (non-hydrogen) atoms. The van der Waals surface area contributed by atoms with Gasteiger partial charge in [0.2, 0.25) is 0 Å². The van der Waals surface area contributed by atoms with Gasteiger partial charge < -0.3 is 19.7 Å². The minimum atomic E-state index is -0.876. The molecule has 1 heterocycles. The molecule has 4 heteroatoms. The van der Waals surface area contributed by atoms with Gasteiger partial charge in [0.05, 0.1) is 13.2 Å². The summed E-state index contributed by atoms with van der Waals surface area (Å²) in [5.41, 5.74) is 0.921. The highest BCUT2D eigenvalue weighted by Gasteiger charge is 2.31. The van der Waals surface area contributed by atoms with Crippen LogP contribution in [0.25, 0.3) is 0 Å². The molecule has 0 saturated carbocycles. The third-order valence-electron chi connectivity index (χ3n) is 2.40. The van der Waals surface area contributed by atoms with Crippen LogP contribution < -0.4 is 0 Å². The number of benzene rings is 1. The number of aliphatic hydroxyl groups is 2. The van der Waals surface area contributed by atoms with Gasteiger partial charge in [-0.25, -0.2) is 0 Å². The Labute approximate surface area is 88.1 Å². The van der Waals surface area contributed by atoms with Crippen LogP contribution in [0.15, 0.2) is 30.3 Å². The van der Waals surface area contributed by atoms with E-state index in [1.54, 1.807) is 0 Å². The zero-order valence-electron chi connectivity index (χ0n) is 8.24. The van der Waals surface area contributed by atoms with Crippen molar-refractivity contribution in [2.24, 2.45) is 0 Å². The predicted molar refractivity (Wildman–Crippen MR) is 53.1 cm³/mol. The van der Waals surface area contributed by atoms with E-state index in [1.165, 1.54) is 0 Å². The second kappa shape index (κ2) is 4.72. The zero-order valence-corrected chi connectivity index (χ0v) is 8.24. The highest BCUT2D eigenvalue weighted by molar-refractivity contribution is 5.16. The first-order chi connectivity index (χ1) is 7.31. The fourth-order valence-electron chi connectivity index (χ4n) is 1.52. The smallest absolute Gasteiger partial charge is 0.184 e. The van der Waals surface area contributed by atoms with Gasteiger partial charge in [0.1, 0.15) is 12.2 Å². The van der Waals surface area contributed by atoms with E-state index in [0.717, 1.165) is 5.56 Å². The Morgan fingerprint density at radius 1 is 1.33 bits per heavy atom. The maximum Gasteiger partial charge on any atom is 0.184 e. The molecule has 2 rings (SSSR count). The fraction of sp³-hybridized carbons (Fsp3) is 0.455. The fourth-order valence-corrected chi connectivity index (χ4v) is 1.52. The van der Waals surface area contributed by atoms with Crippen molar-refractivity contribution in [1.29, 1.82) is 0 Å². The predicted octanol–water partition coefficient (Wildman–Crippen LogP) is 0.454. The molecule has 1 fully saturated rings. The van der Waals surface area contributed by atoms with E-state index in [4.69, 9.17) is 14.6 Å². The van der Waals surface area contributed by atoms with Crippen LogP contribution in [0.4, 0.5) is 0 Å². The average Bonchev–Trinajstić information content (AvgIpc) is 2.78. The summed E-state index contributed by atoms with van der Waals surface area (Å²) in [4.78, 5) is 0. The standard InChI is InChI=1S/C11H14O4/c12-6-9(13)10-7-14-11(15-10)8-4-2-1-3-5-8/h1-5,9-13H,6-7H2/t9-,10-,11?/m0/s1. The molecular formula is C11H14O4. The van der Waals surface area contributed by atoms with E-state index in [2.05, 4.69) is 0 Å². The third-order valence-corrected chi connectivity index (χ3v) is 2.40. The molecule has 3 atom stereocenters. The van der Waals surface area contributed by atoms with Gasteiger partial charge in [-0.05, 0) is 0 Å². The molecule has 1 aromatic rings. The van der Waals surface area contributed by atoms with Crippen LogP contribution >= 0.6 is 0 Å². The molecule has 0 spiro atoms. The molecule has 1 unspecified atom stereocenters. The highest BCUT2D eigenvalue weighted by atomic mass is 16.7. The summed E-state index contributed by atoms with van der Waals surface area (Å²) < 4.78 is 10.8. The van der Waals surface area contributed by atoms with Gasteiger partial charge in [0.25, 0.3) is 0 Å². The second-order valence-electron chi connectivity index (χ2n) is 3.50. The Bertz CT molecular complexity index is 301. The Morgan fingerprint density at radius 2 is 2.07 bits per heavy atom. The molecule has 82 valence electrons. The van der Waals surface area contributed by atoms with Crippen molar-refractivity contribution >= 4 is 0 Å². The Kier molecular flexibility index (Phi) is 3.33. The summed E-state index contributed by atoms with van der Waals surface area (Å²) in [5.74, 6) is 0. The molecule has 0 aliphatic carbocycles. The van der Waals surface area contributed by atoms with Crippen molar-refractivity contribution < 1.29 is 19.7 Å². The molecular weight excluding hydrogens is 196 g/mol. The van der Waals surface area contributed by atoms with Crippen LogP contribution in [-0.2, 0) is 9.47 Å². The SMILES string of the molecule is OC[C@H](O)[C@@H]1COC(c2ccccc2)O1. The quantitative estimate of drug-likeness (QED) is 0.760. The van der Waals surface area contributed by atoms with Crippen molar-refractivity contribution in [1.82, 2.24) is 0 Å². The van der Waals surface area contributed by atoms with Crippen LogP contribution in [0.3, 0.4) is 0 Å². The third kappa shape index (κ3) is 2.35. The van der Waals surface area contributed by atoms with Crippen molar-refractivity contribution in [2.45, 2.75) is 18.5 Å². The summed E-state index contributed by atoms with van der Waals surface area (Å²) in [6.07, 6.45) is -1.75. The monoisotopic (exact) mass is 210 g/mol. The van der Waals surface area contributed by atoms with E-state index >= 15 is 0 Å². The number of hydrogen-bond donors (Lipinski definition) is 2.